The van der Waals surface area contributed by atoms with Gasteiger partial charge in [0, 0.05) is 39.0 Å². The summed E-state index contributed by atoms with van der Waals surface area (Å²) >= 11 is 0. The van der Waals surface area contributed by atoms with E-state index in [9.17, 15) is 0 Å². The molecule has 2 heteroatoms. The Kier molecular flexibility index (Phi) is 8.55. The first-order valence-corrected chi connectivity index (χ1v) is 19.2. The molecule has 10 aromatic rings. The molecule has 9 aromatic carbocycles. The highest BCUT2D eigenvalue weighted by Crippen LogP contribution is 2.42. The molecule has 2 nitrogen and oxygen atoms in total. The molecule has 0 aliphatic heterocycles. The van der Waals surface area contributed by atoms with Gasteiger partial charge < -0.3 is 9.47 Å². The Balaban J connectivity index is 1.07. The Morgan fingerprint density at radius 1 is 0.268 bits per heavy atom. The van der Waals surface area contributed by atoms with Gasteiger partial charge in [-0.05, 0) is 81.9 Å². The molecule has 1 heterocycles. The lowest BCUT2D eigenvalue weighted by Crippen LogP contribution is -2.09. The normalized spacial score (nSPS) is 11.2. The van der Waals surface area contributed by atoms with Crippen molar-refractivity contribution >= 4 is 38.9 Å². The summed E-state index contributed by atoms with van der Waals surface area (Å²) in [4.78, 5) is 2.33. The summed E-state index contributed by atoms with van der Waals surface area (Å²) in [7, 11) is 0. The number of fused-ring (bicyclic) bond motifs is 3. The van der Waals surface area contributed by atoms with E-state index in [4.69, 9.17) is 0 Å². The maximum Gasteiger partial charge on any atom is 0.0619 e. The van der Waals surface area contributed by atoms with Gasteiger partial charge in [0.2, 0.25) is 0 Å². The number of benzene rings is 9. The molecule has 0 saturated heterocycles. The Morgan fingerprint density at radius 3 is 1.32 bits per heavy atom. The van der Waals surface area contributed by atoms with Crippen LogP contribution in [0, 0.1) is 0 Å². The number of rotatable bonds is 8. The molecule has 0 spiro atoms. The first kappa shape index (κ1) is 33.2. The van der Waals surface area contributed by atoms with Gasteiger partial charge in [0.1, 0.15) is 0 Å². The van der Waals surface area contributed by atoms with Crippen LogP contribution < -0.4 is 4.90 Å². The van der Waals surface area contributed by atoms with Crippen molar-refractivity contribution in [3.05, 3.63) is 231 Å². The van der Waals surface area contributed by atoms with Crippen molar-refractivity contribution < 1.29 is 0 Å². The lowest BCUT2D eigenvalue weighted by atomic mass is 9.98. The third-order valence-corrected chi connectivity index (χ3v) is 10.8. The number of aromatic nitrogens is 1. The summed E-state index contributed by atoms with van der Waals surface area (Å²) in [5, 5.41) is 2.49. The minimum atomic E-state index is 1.10. The van der Waals surface area contributed by atoms with Gasteiger partial charge in [0.25, 0.3) is 0 Å². The van der Waals surface area contributed by atoms with E-state index >= 15 is 0 Å². The SMILES string of the molecule is c1ccc(-c2ccc(-c3cccc4c5ccccc5n(-c5ccccc5-c5ccc(N(c6ccccc6)c6ccc(-c7ccccc7)cc6)cc5)c34)cc2)cc1. The predicted molar refractivity (Wildman–Crippen MR) is 237 cm³/mol. The molecular formula is C54H38N2. The van der Waals surface area contributed by atoms with Crippen LogP contribution in [-0.2, 0) is 0 Å². The van der Waals surface area contributed by atoms with Crippen LogP contribution in [0.15, 0.2) is 231 Å². The summed E-state index contributed by atoms with van der Waals surface area (Å²) in [6.07, 6.45) is 0. The quantitative estimate of drug-likeness (QED) is 0.152. The van der Waals surface area contributed by atoms with E-state index in [1.165, 1.54) is 60.8 Å². The fourth-order valence-electron chi connectivity index (χ4n) is 8.14. The standard InChI is InChI=1S/C54H38N2/c1-4-15-39(16-5-1)41-27-29-44(30-28-41)49-23-14-24-51-50-22-11-13-26-53(50)56(54(49)51)52-25-12-10-21-48(52)43-33-37-47(38-34-43)55(45-19-8-3-9-20-45)46-35-31-42(32-36-46)40-17-6-2-7-18-40/h1-38H. The number of nitrogens with zero attached hydrogens (tertiary/aromatic N) is 2. The lowest BCUT2D eigenvalue weighted by molar-refractivity contribution is 1.18. The van der Waals surface area contributed by atoms with Crippen LogP contribution in [0.3, 0.4) is 0 Å². The average Bonchev–Trinajstić information content (AvgIpc) is 3.63. The minimum absolute atomic E-state index is 1.10. The minimum Gasteiger partial charge on any atom is -0.311 e. The lowest BCUT2D eigenvalue weighted by Gasteiger charge is -2.26. The van der Waals surface area contributed by atoms with E-state index in [-0.39, 0.29) is 0 Å². The fraction of sp³-hybridized carbons (Fsp3) is 0. The predicted octanol–water partition coefficient (Wildman–Crippen LogP) is 14.9. The van der Waals surface area contributed by atoms with Gasteiger partial charge in [-0.3, -0.25) is 0 Å². The van der Waals surface area contributed by atoms with Crippen molar-refractivity contribution in [1.82, 2.24) is 4.57 Å². The zero-order chi connectivity index (χ0) is 37.3. The average molecular weight is 715 g/mol. The molecule has 0 aliphatic carbocycles. The van der Waals surface area contributed by atoms with Crippen molar-refractivity contribution in [2.24, 2.45) is 0 Å². The van der Waals surface area contributed by atoms with Crippen LogP contribution in [-0.4, -0.2) is 4.57 Å². The second kappa shape index (κ2) is 14.4. The van der Waals surface area contributed by atoms with Gasteiger partial charge in [0.05, 0.1) is 16.7 Å². The van der Waals surface area contributed by atoms with Gasteiger partial charge in [-0.1, -0.05) is 182 Å². The molecule has 0 fully saturated rings. The van der Waals surface area contributed by atoms with Crippen molar-refractivity contribution in [1.29, 1.82) is 0 Å². The molecular weight excluding hydrogens is 677 g/mol. The van der Waals surface area contributed by atoms with Gasteiger partial charge in [-0.2, -0.15) is 0 Å². The second-order valence-corrected chi connectivity index (χ2v) is 14.1. The molecule has 0 aliphatic rings. The molecule has 56 heavy (non-hydrogen) atoms. The molecule has 0 saturated carbocycles. The zero-order valence-electron chi connectivity index (χ0n) is 30.8. The molecule has 10 rings (SSSR count). The Hall–Kier alpha value is -7.42. The Labute approximate surface area is 327 Å². The molecule has 0 bridgehead atoms. The van der Waals surface area contributed by atoms with Crippen LogP contribution in [0.4, 0.5) is 17.1 Å². The van der Waals surface area contributed by atoms with E-state index in [1.54, 1.807) is 0 Å². The number of para-hydroxylation sites is 4. The molecule has 1 aromatic heterocycles. The molecule has 0 amide bonds. The van der Waals surface area contributed by atoms with E-state index in [0.717, 1.165) is 28.3 Å². The highest BCUT2D eigenvalue weighted by Gasteiger charge is 2.19. The van der Waals surface area contributed by atoms with Gasteiger partial charge >= 0.3 is 0 Å². The summed E-state index contributed by atoms with van der Waals surface area (Å²) in [5.41, 5.74) is 16.5. The summed E-state index contributed by atoms with van der Waals surface area (Å²) in [6.45, 7) is 0. The number of hydrogen-bond donors (Lipinski definition) is 0. The highest BCUT2D eigenvalue weighted by atomic mass is 15.1. The number of hydrogen-bond acceptors (Lipinski definition) is 1. The molecule has 0 N–H and O–H groups in total. The zero-order valence-corrected chi connectivity index (χ0v) is 30.8. The molecule has 0 radical (unpaired) electrons. The smallest absolute Gasteiger partial charge is 0.0619 e. The van der Waals surface area contributed by atoms with E-state index in [1.807, 2.05) is 0 Å². The molecule has 264 valence electrons. The van der Waals surface area contributed by atoms with Crippen molar-refractivity contribution in [3.63, 3.8) is 0 Å². The third-order valence-electron chi connectivity index (χ3n) is 10.8. The Bertz CT molecular complexity index is 2910. The van der Waals surface area contributed by atoms with E-state index in [0.29, 0.717) is 0 Å². The van der Waals surface area contributed by atoms with Gasteiger partial charge in [-0.15, -0.1) is 0 Å². The van der Waals surface area contributed by atoms with Crippen molar-refractivity contribution in [2.45, 2.75) is 0 Å². The first-order valence-electron chi connectivity index (χ1n) is 19.2. The molecule has 0 atom stereocenters. The van der Waals surface area contributed by atoms with Gasteiger partial charge in [-0.25, -0.2) is 0 Å². The summed E-state index contributed by atoms with van der Waals surface area (Å²) < 4.78 is 2.47. The van der Waals surface area contributed by atoms with Crippen molar-refractivity contribution in [3.8, 4) is 50.2 Å². The van der Waals surface area contributed by atoms with Crippen molar-refractivity contribution in [2.75, 3.05) is 4.90 Å². The maximum absolute atomic E-state index is 2.47. The third kappa shape index (κ3) is 6.04. The van der Waals surface area contributed by atoms with E-state index < -0.39 is 0 Å². The first-order chi connectivity index (χ1) is 27.8. The van der Waals surface area contributed by atoms with Gasteiger partial charge in [0.15, 0.2) is 0 Å². The van der Waals surface area contributed by atoms with Crippen LogP contribution in [0.1, 0.15) is 0 Å². The topological polar surface area (TPSA) is 8.17 Å². The maximum atomic E-state index is 2.47. The fourth-order valence-corrected chi connectivity index (χ4v) is 8.14. The highest BCUT2D eigenvalue weighted by molar-refractivity contribution is 6.14. The molecule has 0 unspecified atom stereocenters. The van der Waals surface area contributed by atoms with E-state index in [2.05, 4.69) is 240 Å². The van der Waals surface area contributed by atoms with Crippen LogP contribution >= 0.6 is 0 Å². The van der Waals surface area contributed by atoms with Crippen LogP contribution in [0.2, 0.25) is 0 Å². The summed E-state index contributed by atoms with van der Waals surface area (Å²) in [5.74, 6) is 0. The monoisotopic (exact) mass is 714 g/mol. The second-order valence-electron chi connectivity index (χ2n) is 14.1. The summed E-state index contributed by atoms with van der Waals surface area (Å²) in [6, 6.07) is 82.9. The van der Waals surface area contributed by atoms with Crippen LogP contribution in [0.25, 0.3) is 72.0 Å². The Morgan fingerprint density at radius 2 is 0.679 bits per heavy atom. The largest absolute Gasteiger partial charge is 0.311 e. The van der Waals surface area contributed by atoms with Crippen LogP contribution in [0.5, 0.6) is 0 Å². The number of anilines is 3.